The van der Waals surface area contributed by atoms with Crippen LogP contribution in [0.5, 0.6) is 0 Å². The van der Waals surface area contributed by atoms with Crippen LogP contribution in [-0.2, 0) is 9.84 Å². The number of carbonyl (C=O) groups excluding carboxylic acids is 1. The van der Waals surface area contributed by atoms with Crippen molar-refractivity contribution in [3.8, 4) is 0 Å². The Morgan fingerprint density at radius 1 is 0.731 bits per heavy atom. The Bertz CT molecular complexity index is 1020. The fourth-order valence-electron chi connectivity index (χ4n) is 2.29. The highest BCUT2D eigenvalue weighted by Gasteiger charge is 2.30. The Morgan fingerprint density at radius 3 is 1.81 bits per heavy atom. The summed E-state index contributed by atoms with van der Waals surface area (Å²) in [6, 6.07) is 24.8. The number of sulfone groups is 1. The minimum Gasteiger partial charge on any atom is -0.286 e. The zero-order chi connectivity index (χ0) is 18.4. The Kier molecular flexibility index (Phi) is 5.24. The second-order valence-electron chi connectivity index (χ2n) is 5.41. The average molecular weight is 364 g/mol. The van der Waals surface area contributed by atoms with Crippen LogP contribution < -0.4 is 5.43 Å². The Morgan fingerprint density at radius 2 is 1.23 bits per heavy atom. The summed E-state index contributed by atoms with van der Waals surface area (Å²) in [5.41, 5.74) is 3.49. The van der Waals surface area contributed by atoms with Gasteiger partial charge in [-0.15, -0.1) is 0 Å². The molecular weight excluding hydrogens is 348 g/mol. The van der Waals surface area contributed by atoms with Gasteiger partial charge in [0.25, 0.3) is 0 Å². The molecule has 0 aliphatic carbocycles. The smallest absolute Gasteiger partial charge is 0.229 e. The summed E-state index contributed by atoms with van der Waals surface area (Å²) >= 11 is 0. The number of anilines is 1. The first kappa shape index (κ1) is 17.6. The van der Waals surface area contributed by atoms with Gasteiger partial charge in [0.15, 0.2) is 0 Å². The Labute approximate surface area is 151 Å². The third kappa shape index (κ3) is 3.87. The summed E-state index contributed by atoms with van der Waals surface area (Å²) in [6.07, 6.45) is 0. The number of hydrogen-bond acceptors (Lipinski definition) is 5. The number of rotatable bonds is 5. The highest BCUT2D eigenvalue weighted by atomic mass is 32.2. The van der Waals surface area contributed by atoms with E-state index in [0.29, 0.717) is 5.69 Å². The molecular formula is C20H16N2O3S. The van der Waals surface area contributed by atoms with Crippen LogP contribution in [0.4, 0.5) is 5.69 Å². The van der Waals surface area contributed by atoms with Crippen molar-refractivity contribution in [3.63, 3.8) is 0 Å². The SMILES string of the molecule is O=C(/C(=N\Nc1ccccc1)S(=O)(=O)c1ccccc1)c1ccccc1. The summed E-state index contributed by atoms with van der Waals surface area (Å²) in [5.74, 6) is -0.669. The second-order valence-corrected chi connectivity index (χ2v) is 7.27. The van der Waals surface area contributed by atoms with Gasteiger partial charge in [-0.3, -0.25) is 10.2 Å². The van der Waals surface area contributed by atoms with Gasteiger partial charge in [-0.1, -0.05) is 66.7 Å². The molecule has 0 amide bonds. The van der Waals surface area contributed by atoms with Gasteiger partial charge in [-0.2, -0.15) is 5.10 Å². The number of nitrogens with one attached hydrogen (secondary N) is 1. The molecule has 3 aromatic rings. The molecule has 26 heavy (non-hydrogen) atoms. The fraction of sp³-hybridized carbons (Fsp3) is 0. The van der Waals surface area contributed by atoms with E-state index in [4.69, 9.17) is 0 Å². The number of para-hydroxylation sites is 1. The number of nitrogens with zero attached hydrogens (tertiary/aromatic N) is 1. The minimum atomic E-state index is -4.08. The van der Waals surface area contributed by atoms with Gasteiger partial charge in [0.2, 0.25) is 20.7 Å². The molecule has 3 rings (SSSR count). The number of ketones is 1. The van der Waals surface area contributed by atoms with E-state index in [1.165, 1.54) is 12.1 Å². The summed E-state index contributed by atoms with van der Waals surface area (Å²) in [5, 5.41) is 3.39. The van der Waals surface area contributed by atoms with E-state index < -0.39 is 20.7 Å². The molecule has 0 bridgehead atoms. The topological polar surface area (TPSA) is 75.6 Å². The number of hydrazone groups is 1. The molecule has 0 aliphatic heterocycles. The van der Waals surface area contributed by atoms with E-state index in [1.807, 2.05) is 6.07 Å². The van der Waals surface area contributed by atoms with Crippen molar-refractivity contribution in [3.05, 3.63) is 96.6 Å². The maximum Gasteiger partial charge on any atom is 0.229 e. The minimum absolute atomic E-state index is 0.0119. The van der Waals surface area contributed by atoms with Gasteiger partial charge < -0.3 is 0 Å². The van der Waals surface area contributed by atoms with Crippen LogP contribution in [0, 0.1) is 0 Å². The fourth-order valence-corrected chi connectivity index (χ4v) is 3.55. The van der Waals surface area contributed by atoms with Crippen molar-refractivity contribution in [1.29, 1.82) is 0 Å². The molecule has 6 heteroatoms. The monoisotopic (exact) mass is 364 g/mol. The predicted octanol–water partition coefficient (Wildman–Crippen LogP) is 3.77. The summed E-state index contributed by atoms with van der Waals surface area (Å²) < 4.78 is 26.0. The molecule has 0 atom stereocenters. The molecule has 0 aromatic heterocycles. The molecule has 5 nitrogen and oxygen atoms in total. The van der Waals surface area contributed by atoms with Crippen molar-refractivity contribution < 1.29 is 13.2 Å². The van der Waals surface area contributed by atoms with Gasteiger partial charge in [-0.25, -0.2) is 8.42 Å². The van der Waals surface area contributed by atoms with Crippen LogP contribution in [0.2, 0.25) is 0 Å². The van der Waals surface area contributed by atoms with E-state index in [1.54, 1.807) is 72.8 Å². The zero-order valence-electron chi connectivity index (χ0n) is 13.7. The van der Waals surface area contributed by atoms with Gasteiger partial charge in [0.05, 0.1) is 10.6 Å². The molecule has 3 aromatic carbocycles. The maximum atomic E-state index is 13.0. The highest BCUT2D eigenvalue weighted by Crippen LogP contribution is 2.16. The number of Topliss-reactive ketones (excluding diaryl/α,β-unsaturated/α-hetero) is 1. The zero-order valence-corrected chi connectivity index (χ0v) is 14.6. The van der Waals surface area contributed by atoms with Gasteiger partial charge in [0, 0.05) is 5.56 Å². The lowest BCUT2D eigenvalue weighted by Gasteiger charge is -2.09. The summed E-state index contributed by atoms with van der Waals surface area (Å²) in [7, 11) is -4.08. The van der Waals surface area contributed by atoms with E-state index in [0.717, 1.165) is 0 Å². The highest BCUT2D eigenvalue weighted by molar-refractivity contribution is 8.08. The van der Waals surface area contributed by atoms with Crippen molar-refractivity contribution in [2.24, 2.45) is 5.10 Å². The van der Waals surface area contributed by atoms with Crippen molar-refractivity contribution >= 4 is 26.4 Å². The van der Waals surface area contributed by atoms with Gasteiger partial charge >= 0.3 is 0 Å². The van der Waals surface area contributed by atoms with Gasteiger partial charge in [0.1, 0.15) is 0 Å². The Hall–Kier alpha value is -3.25. The number of carbonyl (C=O) groups is 1. The van der Waals surface area contributed by atoms with Gasteiger partial charge in [-0.05, 0) is 24.3 Å². The van der Waals surface area contributed by atoms with Crippen LogP contribution in [0.1, 0.15) is 10.4 Å². The first-order valence-electron chi connectivity index (χ1n) is 7.87. The number of benzene rings is 3. The molecule has 0 unspecified atom stereocenters. The average Bonchev–Trinajstić information content (AvgIpc) is 2.70. The number of hydrogen-bond donors (Lipinski definition) is 1. The molecule has 0 fully saturated rings. The predicted molar refractivity (Wildman–Crippen MR) is 102 cm³/mol. The third-order valence-electron chi connectivity index (χ3n) is 3.60. The van der Waals surface area contributed by atoms with Crippen LogP contribution in [0.3, 0.4) is 0 Å². The molecule has 0 spiro atoms. The Balaban J connectivity index is 2.06. The van der Waals surface area contributed by atoms with E-state index >= 15 is 0 Å². The van der Waals surface area contributed by atoms with Crippen LogP contribution in [-0.4, -0.2) is 19.2 Å². The molecule has 1 N–H and O–H groups in total. The molecule has 0 radical (unpaired) electrons. The van der Waals surface area contributed by atoms with E-state index in [9.17, 15) is 13.2 Å². The lowest BCUT2D eigenvalue weighted by molar-refractivity contribution is 0.106. The normalized spacial score (nSPS) is 11.8. The van der Waals surface area contributed by atoms with Crippen molar-refractivity contribution in [1.82, 2.24) is 0 Å². The largest absolute Gasteiger partial charge is 0.286 e. The summed E-state index contributed by atoms with van der Waals surface area (Å²) in [6.45, 7) is 0. The molecule has 0 aliphatic rings. The quantitative estimate of drug-likeness (QED) is 0.324. The first-order valence-corrected chi connectivity index (χ1v) is 9.36. The van der Waals surface area contributed by atoms with Crippen LogP contribution >= 0.6 is 0 Å². The van der Waals surface area contributed by atoms with Crippen LogP contribution in [0.15, 0.2) is 101 Å². The van der Waals surface area contributed by atoms with E-state index in [2.05, 4.69) is 10.5 Å². The van der Waals surface area contributed by atoms with E-state index in [-0.39, 0.29) is 10.5 Å². The third-order valence-corrected chi connectivity index (χ3v) is 5.28. The summed E-state index contributed by atoms with van der Waals surface area (Å²) in [4.78, 5) is 12.8. The molecule has 0 heterocycles. The van der Waals surface area contributed by atoms with Crippen molar-refractivity contribution in [2.45, 2.75) is 4.90 Å². The lowest BCUT2D eigenvalue weighted by atomic mass is 10.1. The second kappa shape index (κ2) is 7.76. The standard InChI is InChI=1S/C20H16N2O3S/c23-19(16-10-4-1-5-11-16)20(22-21-17-12-6-2-7-13-17)26(24,25)18-14-8-3-9-15-18/h1-15,21H/b22-20+. The van der Waals surface area contributed by atoms with Crippen LogP contribution in [0.25, 0.3) is 0 Å². The maximum absolute atomic E-state index is 13.0. The molecule has 0 saturated heterocycles. The first-order chi connectivity index (χ1) is 12.6. The molecule has 130 valence electrons. The molecule has 0 saturated carbocycles. The lowest BCUT2D eigenvalue weighted by Crippen LogP contribution is -2.26. The van der Waals surface area contributed by atoms with Crippen molar-refractivity contribution in [2.75, 3.05) is 5.43 Å².